The third kappa shape index (κ3) is 3.60. The lowest BCUT2D eigenvalue weighted by Gasteiger charge is -2.29. The van der Waals surface area contributed by atoms with Gasteiger partial charge in [0.25, 0.3) is 5.91 Å². The Morgan fingerprint density at radius 3 is 2.89 bits per heavy atom. The van der Waals surface area contributed by atoms with Gasteiger partial charge in [0.15, 0.2) is 0 Å². The van der Waals surface area contributed by atoms with Crippen molar-refractivity contribution in [3.05, 3.63) is 33.8 Å². The fourth-order valence-corrected chi connectivity index (χ4v) is 3.65. The first kappa shape index (κ1) is 15.0. The van der Waals surface area contributed by atoms with E-state index in [0.717, 1.165) is 40.3 Å². The molecule has 0 spiro atoms. The highest BCUT2D eigenvalue weighted by atomic mass is 79.9. The van der Waals surface area contributed by atoms with Crippen LogP contribution in [0.15, 0.2) is 22.7 Å². The molecule has 0 saturated carbocycles. The number of nitrogens with zero attached hydrogens (tertiary/aromatic N) is 1. The second-order valence-electron chi connectivity index (χ2n) is 5.14. The summed E-state index contributed by atoms with van der Waals surface area (Å²) in [6, 6.07) is 6.28. The van der Waals surface area contributed by atoms with Gasteiger partial charge in [-0.1, -0.05) is 40.4 Å². The lowest BCUT2D eigenvalue weighted by molar-refractivity contribution is 0.0701. The van der Waals surface area contributed by atoms with E-state index in [9.17, 15) is 4.79 Å². The smallest absolute Gasteiger partial charge is 0.255 e. The zero-order valence-electron chi connectivity index (χ0n) is 11.2. The summed E-state index contributed by atoms with van der Waals surface area (Å²) in [4.78, 5) is 14.8. The monoisotopic (exact) mass is 387 g/mol. The number of hydrogen-bond acceptors (Lipinski definition) is 1. The predicted molar refractivity (Wildman–Crippen MR) is 86.0 cm³/mol. The van der Waals surface area contributed by atoms with E-state index in [0.29, 0.717) is 6.04 Å². The van der Waals surface area contributed by atoms with Crippen LogP contribution in [-0.2, 0) is 0 Å². The molecule has 1 aromatic carbocycles. The van der Waals surface area contributed by atoms with E-state index in [2.05, 4.69) is 31.9 Å². The summed E-state index contributed by atoms with van der Waals surface area (Å²) in [5.41, 5.74) is 1.91. The third-order valence-corrected chi connectivity index (χ3v) is 5.11. The van der Waals surface area contributed by atoms with Crippen molar-refractivity contribution in [2.45, 2.75) is 38.6 Å². The van der Waals surface area contributed by atoms with Gasteiger partial charge in [0, 0.05) is 22.4 Å². The molecular formula is C15H19Br2NO. The van der Waals surface area contributed by atoms with Gasteiger partial charge < -0.3 is 4.90 Å². The molecule has 1 aliphatic rings. The number of aryl methyl sites for hydroxylation is 1. The quantitative estimate of drug-likeness (QED) is 0.681. The fourth-order valence-electron chi connectivity index (χ4n) is 2.56. The molecule has 0 N–H and O–H groups in total. The molecule has 1 unspecified atom stereocenters. The van der Waals surface area contributed by atoms with Crippen LogP contribution in [0, 0.1) is 6.92 Å². The second kappa shape index (κ2) is 6.89. The predicted octanol–water partition coefficient (Wildman–Crippen LogP) is 4.54. The molecule has 0 aliphatic carbocycles. The molecule has 1 heterocycles. The zero-order valence-corrected chi connectivity index (χ0v) is 14.3. The van der Waals surface area contributed by atoms with Crippen LogP contribution < -0.4 is 0 Å². The standard InChI is InChI=1S/C15H19Br2NO/c1-11-6-7-14(17)13(9-11)15(19)18-8-4-2-3-5-12(18)10-16/h6-7,9,12H,2-5,8,10H2,1H3. The Morgan fingerprint density at radius 1 is 1.37 bits per heavy atom. The molecule has 0 radical (unpaired) electrons. The molecule has 2 nitrogen and oxygen atoms in total. The maximum absolute atomic E-state index is 12.8. The molecular weight excluding hydrogens is 370 g/mol. The molecule has 2 rings (SSSR count). The maximum Gasteiger partial charge on any atom is 0.255 e. The first-order valence-electron chi connectivity index (χ1n) is 6.76. The zero-order chi connectivity index (χ0) is 13.8. The lowest BCUT2D eigenvalue weighted by Crippen LogP contribution is -2.41. The molecule has 0 aromatic heterocycles. The van der Waals surface area contributed by atoms with Gasteiger partial charge in [-0.25, -0.2) is 0 Å². The maximum atomic E-state index is 12.8. The van der Waals surface area contributed by atoms with Crippen LogP contribution in [0.5, 0.6) is 0 Å². The molecule has 1 saturated heterocycles. The Labute approximate surface area is 131 Å². The van der Waals surface area contributed by atoms with Crippen molar-refractivity contribution >= 4 is 37.8 Å². The summed E-state index contributed by atoms with van der Waals surface area (Å²) in [7, 11) is 0. The molecule has 1 aliphatic heterocycles. The summed E-state index contributed by atoms with van der Waals surface area (Å²) in [5, 5.41) is 0.863. The van der Waals surface area contributed by atoms with Crippen molar-refractivity contribution in [1.82, 2.24) is 4.90 Å². The van der Waals surface area contributed by atoms with Crippen LogP contribution in [0.2, 0.25) is 0 Å². The molecule has 1 amide bonds. The number of amides is 1. The van der Waals surface area contributed by atoms with E-state index in [4.69, 9.17) is 0 Å². The number of benzene rings is 1. The topological polar surface area (TPSA) is 20.3 Å². The minimum atomic E-state index is 0.155. The van der Waals surface area contributed by atoms with Gasteiger partial charge in [0.2, 0.25) is 0 Å². The minimum absolute atomic E-state index is 0.155. The normalized spacial score (nSPS) is 20.2. The minimum Gasteiger partial charge on any atom is -0.335 e. The number of carbonyl (C=O) groups is 1. The van der Waals surface area contributed by atoms with E-state index < -0.39 is 0 Å². The van der Waals surface area contributed by atoms with E-state index in [1.807, 2.05) is 30.0 Å². The molecule has 4 heteroatoms. The van der Waals surface area contributed by atoms with Crippen molar-refractivity contribution in [1.29, 1.82) is 0 Å². The van der Waals surface area contributed by atoms with Crippen molar-refractivity contribution in [3.8, 4) is 0 Å². The average Bonchev–Trinajstić information content (AvgIpc) is 2.65. The highest BCUT2D eigenvalue weighted by Crippen LogP contribution is 2.25. The Morgan fingerprint density at radius 2 is 2.16 bits per heavy atom. The fraction of sp³-hybridized carbons (Fsp3) is 0.533. The van der Waals surface area contributed by atoms with E-state index in [1.165, 1.54) is 12.8 Å². The van der Waals surface area contributed by atoms with Crippen LogP contribution in [0.3, 0.4) is 0 Å². The van der Waals surface area contributed by atoms with Crippen molar-refractivity contribution < 1.29 is 4.79 Å². The van der Waals surface area contributed by atoms with Crippen molar-refractivity contribution in [2.75, 3.05) is 11.9 Å². The van der Waals surface area contributed by atoms with Gasteiger partial charge in [-0.15, -0.1) is 0 Å². The van der Waals surface area contributed by atoms with Gasteiger partial charge in [-0.2, -0.15) is 0 Å². The summed E-state index contributed by atoms with van der Waals surface area (Å²) in [6.45, 7) is 2.89. The highest BCUT2D eigenvalue weighted by molar-refractivity contribution is 9.10. The first-order chi connectivity index (χ1) is 9.13. The van der Waals surface area contributed by atoms with E-state index in [1.54, 1.807) is 0 Å². The molecule has 104 valence electrons. The third-order valence-electron chi connectivity index (χ3n) is 3.67. The first-order valence-corrected chi connectivity index (χ1v) is 8.68. The number of halogens is 2. The summed E-state index contributed by atoms with van der Waals surface area (Å²) >= 11 is 7.05. The van der Waals surface area contributed by atoms with Gasteiger partial charge >= 0.3 is 0 Å². The summed E-state index contributed by atoms with van der Waals surface area (Å²) in [6.07, 6.45) is 4.65. The summed E-state index contributed by atoms with van der Waals surface area (Å²) in [5.74, 6) is 0.155. The van der Waals surface area contributed by atoms with Gasteiger partial charge in [-0.05, 0) is 47.8 Å². The van der Waals surface area contributed by atoms with Crippen molar-refractivity contribution in [3.63, 3.8) is 0 Å². The molecule has 0 bridgehead atoms. The Balaban J connectivity index is 2.27. The number of carbonyl (C=O) groups excluding carboxylic acids is 1. The summed E-state index contributed by atoms with van der Waals surface area (Å²) < 4.78 is 0.890. The van der Waals surface area contributed by atoms with Crippen molar-refractivity contribution in [2.24, 2.45) is 0 Å². The molecule has 19 heavy (non-hydrogen) atoms. The average molecular weight is 389 g/mol. The Hall–Kier alpha value is -0.350. The Kier molecular flexibility index (Phi) is 5.46. The van der Waals surface area contributed by atoms with Crippen LogP contribution in [-0.4, -0.2) is 28.7 Å². The highest BCUT2D eigenvalue weighted by Gasteiger charge is 2.26. The van der Waals surface area contributed by atoms with Gasteiger partial charge in [0.05, 0.1) is 5.56 Å². The molecule has 1 fully saturated rings. The number of rotatable bonds is 2. The SMILES string of the molecule is Cc1ccc(Br)c(C(=O)N2CCCCCC2CBr)c1. The van der Waals surface area contributed by atoms with Gasteiger partial charge in [0.1, 0.15) is 0 Å². The van der Waals surface area contributed by atoms with E-state index in [-0.39, 0.29) is 5.91 Å². The van der Waals surface area contributed by atoms with E-state index >= 15 is 0 Å². The van der Waals surface area contributed by atoms with Crippen LogP contribution in [0.4, 0.5) is 0 Å². The molecule has 1 atom stereocenters. The van der Waals surface area contributed by atoms with Crippen LogP contribution in [0.25, 0.3) is 0 Å². The second-order valence-corrected chi connectivity index (χ2v) is 6.64. The van der Waals surface area contributed by atoms with Gasteiger partial charge in [-0.3, -0.25) is 4.79 Å². The Bertz CT molecular complexity index is 461. The largest absolute Gasteiger partial charge is 0.335 e. The van der Waals surface area contributed by atoms with Crippen LogP contribution in [0.1, 0.15) is 41.6 Å². The molecule has 1 aromatic rings. The lowest BCUT2D eigenvalue weighted by atomic mass is 10.1. The number of alkyl halides is 1. The number of likely N-dealkylation sites (tertiary alicyclic amines) is 1. The van der Waals surface area contributed by atoms with Crippen LogP contribution >= 0.6 is 31.9 Å². The number of hydrogen-bond donors (Lipinski definition) is 0.